The predicted octanol–water partition coefficient (Wildman–Crippen LogP) is 6.31. The van der Waals surface area contributed by atoms with Gasteiger partial charge in [0.05, 0.1) is 17.3 Å². The van der Waals surface area contributed by atoms with Crippen LogP contribution in [0.4, 0.5) is 0 Å². The van der Waals surface area contributed by atoms with Crippen molar-refractivity contribution in [1.82, 2.24) is 0 Å². The van der Waals surface area contributed by atoms with Crippen molar-refractivity contribution in [3.8, 4) is 0 Å². The van der Waals surface area contributed by atoms with Crippen molar-refractivity contribution >= 4 is 17.9 Å². The molecule has 0 aromatic heterocycles. The van der Waals surface area contributed by atoms with Gasteiger partial charge in [-0.1, -0.05) is 34.6 Å². The number of carboxylic acid groups (broad SMARTS) is 1. The second-order valence-electron chi connectivity index (χ2n) is 17.1. The molecule has 0 bridgehead atoms. The zero-order valence-corrected chi connectivity index (χ0v) is 28.0. The molecule has 0 radical (unpaired) electrons. The summed E-state index contributed by atoms with van der Waals surface area (Å²) >= 11 is 0. The lowest BCUT2D eigenvalue weighted by molar-refractivity contribution is -0.254. The number of carboxylic acids is 1. The van der Waals surface area contributed by atoms with E-state index in [2.05, 4.69) is 41.5 Å². The van der Waals surface area contributed by atoms with Gasteiger partial charge in [-0.25, -0.2) is 0 Å². The van der Waals surface area contributed by atoms with Crippen molar-refractivity contribution < 1.29 is 38.8 Å². The van der Waals surface area contributed by atoms with Crippen LogP contribution in [0.5, 0.6) is 0 Å². The number of carbonyl (C=O) groups excluding carboxylic acids is 2. The van der Waals surface area contributed by atoms with Gasteiger partial charge in [0, 0.05) is 18.3 Å². The third-order valence-electron chi connectivity index (χ3n) is 14.1. The maximum atomic E-state index is 12.6. The molecule has 4 aliphatic carbocycles. The summed E-state index contributed by atoms with van der Waals surface area (Å²) in [7, 11) is 0. The lowest BCUT2D eigenvalue weighted by atomic mass is 9.35. The van der Waals surface area contributed by atoms with Crippen LogP contribution in [0.25, 0.3) is 0 Å². The summed E-state index contributed by atoms with van der Waals surface area (Å²) in [4.78, 5) is 36.2. The van der Waals surface area contributed by atoms with Gasteiger partial charge in [0.15, 0.2) is 0 Å². The van der Waals surface area contributed by atoms with Crippen LogP contribution < -0.4 is 0 Å². The van der Waals surface area contributed by atoms with E-state index < -0.39 is 24.0 Å². The van der Waals surface area contributed by atoms with Crippen LogP contribution in [0.1, 0.15) is 127 Å². The summed E-state index contributed by atoms with van der Waals surface area (Å²) < 4.78 is 18.9. The molecule has 11 atom stereocenters. The molecular formula is C35H56O8. The van der Waals surface area contributed by atoms with E-state index in [0.29, 0.717) is 12.3 Å². The molecule has 4 saturated carbocycles. The van der Waals surface area contributed by atoms with Crippen molar-refractivity contribution in [2.24, 2.45) is 45.3 Å². The van der Waals surface area contributed by atoms with Gasteiger partial charge >= 0.3 is 17.9 Å². The molecule has 43 heavy (non-hydrogen) atoms. The zero-order valence-electron chi connectivity index (χ0n) is 28.0. The fourth-order valence-electron chi connectivity index (χ4n) is 11.9. The number of hydrogen-bond acceptors (Lipinski definition) is 7. The average Bonchev–Trinajstić information content (AvgIpc) is 3.44. The van der Waals surface area contributed by atoms with Gasteiger partial charge in [-0.05, 0) is 113 Å². The average molecular weight is 605 g/mol. The van der Waals surface area contributed by atoms with E-state index in [-0.39, 0.29) is 69.3 Å². The molecule has 0 aromatic rings. The molecule has 8 nitrogen and oxygen atoms in total. The number of ether oxygens (including phenoxy) is 3. The highest BCUT2D eigenvalue weighted by molar-refractivity contribution is 5.90. The minimum Gasteiger partial charge on any atom is -0.481 e. The number of fused-ring (bicyclic) bond motifs is 5. The van der Waals surface area contributed by atoms with E-state index in [1.807, 2.05) is 13.8 Å². The van der Waals surface area contributed by atoms with Crippen LogP contribution >= 0.6 is 0 Å². The first-order valence-corrected chi connectivity index (χ1v) is 16.7. The van der Waals surface area contributed by atoms with E-state index in [0.717, 1.165) is 51.4 Å². The molecular weight excluding hydrogens is 548 g/mol. The van der Waals surface area contributed by atoms with E-state index in [1.54, 1.807) is 0 Å². The summed E-state index contributed by atoms with van der Waals surface area (Å²) in [5.41, 5.74) is -1.66. The smallest absolute Gasteiger partial charge is 0.317 e. The summed E-state index contributed by atoms with van der Waals surface area (Å²) in [6.45, 7) is 19.2. The highest BCUT2D eigenvalue weighted by Crippen LogP contribution is 2.76. The van der Waals surface area contributed by atoms with Gasteiger partial charge in [0.1, 0.15) is 18.6 Å². The topological polar surface area (TPSA) is 119 Å². The Bertz CT molecular complexity index is 1140. The molecule has 8 heteroatoms. The van der Waals surface area contributed by atoms with E-state index in [1.165, 1.54) is 6.92 Å². The number of aliphatic hydroxyl groups is 1. The van der Waals surface area contributed by atoms with Gasteiger partial charge in [-0.3, -0.25) is 14.4 Å². The van der Waals surface area contributed by atoms with Crippen molar-refractivity contribution in [1.29, 1.82) is 0 Å². The molecule has 0 amide bonds. The van der Waals surface area contributed by atoms with Crippen LogP contribution in [0.2, 0.25) is 0 Å². The van der Waals surface area contributed by atoms with Crippen LogP contribution in [0.15, 0.2) is 0 Å². The molecule has 2 N–H and O–H groups in total. The first kappa shape index (κ1) is 32.7. The SMILES string of the molecule is CC(=O)O[C@@H]1C[C@@H]2[C@@]3(C)CC[C@@H](OC(=O)CC(=O)O)C(C)(C)[C@@H]3CC[C@@]2(C)[C@@]2(C)CC[C@@H]([C@]3(C)CC[C@H](C(C)(C)O)O3)[C@@H]12. The zero-order chi connectivity index (χ0) is 32.0. The Morgan fingerprint density at radius 3 is 2.09 bits per heavy atom. The minimum absolute atomic E-state index is 0.0296. The fraction of sp³-hybridized carbons (Fsp3) is 0.914. The number of carbonyl (C=O) groups is 3. The van der Waals surface area contributed by atoms with E-state index in [4.69, 9.17) is 19.3 Å². The Balaban J connectivity index is 1.48. The van der Waals surface area contributed by atoms with Crippen LogP contribution in [-0.4, -0.2) is 57.6 Å². The standard InChI is InChI=1S/C35H56O8/c1-20(36)41-22-18-24-32(6)14-12-25(42-28(39)19-27(37)38)30(2,3)23(32)11-16-33(24,7)34(8)15-10-21(29(22)34)35(9)17-13-26(43-35)31(4,5)40/h21-26,29,40H,10-19H2,1-9H3,(H,37,38)/t21-,22-,23+,24-,25-,26-,29+,32+,33-,34+,35+/m1/s1. The van der Waals surface area contributed by atoms with Gasteiger partial charge < -0.3 is 24.4 Å². The van der Waals surface area contributed by atoms with E-state index >= 15 is 0 Å². The second-order valence-corrected chi connectivity index (χ2v) is 17.1. The third-order valence-corrected chi connectivity index (χ3v) is 14.1. The molecule has 244 valence electrons. The van der Waals surface area contributed by atoms with Crippen LogP contribution in [0.3, 0.4) is 0 Å². The predicted molar refractivity (Wildman–Crippen MR) is 161 cm³/mol. The lowest BCUT2D eigenvalue weighted by Gasteiger charge is -2.70. The number of aliphatic carboxylic acids is 1. The van der Waals surface area contributed by atoms with Crippen molar-refractivity contribution in [2.45, 2.75) is 156 Å². The number of rotatable bonds is 6. The summed E-state index contributed by atoms with van der Waals surface area (Å²) in [5.74, 6) is -1.05. The largest absolute Gasteiger partial charge is 0.481 e. The Morgan fingerprint density at radius 2 is 1.51 bits per heavy atom. The van der Waals surface area contributed by atoms with Crippen molar-refractivity contribution in [2.75, 3.05) is 0 Å². The lowest BCUT2D eigenvalue weighted by Crippen LogP contribution is -2.67. The molecule has 1 aliphatic heterocycles. The van der Waals surface area contributed by atoms with Crippen molar-refractivity contribution in [3.05, 3.63) is 0 Å². The molecule has 0 aromatic carbocycles. The summed E-state index contributed by atoms with van der Waals surface area (Å²) in [6, 6.07) is 0. The van der Waals surface area contributed by atoms with Crippen LogP contribution in [-0.2, 0) is 28.6 Å². The van der Waals surface area contributed by atoms with Crippen LogP contribution in [0, 0.1) is 45.3 Å². The molecule has 1 saturated heterocycles. The fourth-order valence-corrected chi connectivity index (χ4v) is 11.9. The maximum Gasteiger partial charge on any atom is 0.317 e. The normalized spacial score (nSPS) is 47.2. The highest BCUT2D eigenvalue weighted by atomic mass is 16.6. The maximum absolute atomic E-state index is 12.6. The quantitative estimate of drug-likeness (QED) is 0.268. The van der Waals surface area contributed by atoms with Gasteiger partial charge in [-0.15, -0.1) is 0 Å². The van der Waals surface area contributed by atoms with E-state index in [9.17, 15) is 19.5 Å². The minimum atomic E-state index is -1.17. The second kappa shape index (κ2) is 10.4. The molecule has 5 fully saturated rings. The third kappa shape index (κ3) is 5.05. The first-order chi connectivity index (χ1) is 19.7. The summed E-state index contributed by atoms with van der Waals surface area (Å²) in [6.07, 6.45) is 6.90. The Hall–Kier alpha value is -1.67. The molecule has 5 rings (SSSR count). The Morgan fingerprint density at radius 1 is 0.860 bits per heavy atom. The summed E-state index contributed by atoms with van der Waals surface area (Å²) in [5, 5.41) is 19.9. The molecule has 5 aliphatic rings. The monoisotopic (exact) mass is 604 g/mol. The van der Waals surface area contributed by atoms with Gasteiger partial charge in [0.25, 0.3) is 0 Å². The van der Waals surface area contributed by atoms with Crippen molar-refractivity contribution in [3.63, 3.8) is 0 Å². The Labute approximate surface area is 258 Å². The number of hydrogen-bond donors (Lipinski definition) is 2. The molecule has 0 unspecified atom stereocenters. The van der Waals surface area contributed by atoms with Gasteiger partial charge in [-0.2, -0.15) is 0 Å². The first-order valence-electron chi connectivity index (χ1n) is 16.7. The Kier molecular flexibility index (Phi) is 7.94. The van der Waals surface area contributed by atoms with Gasteiger partial charge in [0.2, 0.25) is 0 Å². The molecule has 1 heterocycles. The highest BCUT2D eigenvalue weighted by Gasteiger charge is 2.72. The number of esters is 2. The molecule has 0 spiro atoms.